The van der Waals surface area contributed by atoms with Gasteiger partial charge in [-0.2, -0.15) is 0 Å². The molecule has 150 valence electrons. The van der Waals surface area contributed by atoms with E-state index < -0.39 is 6.04 Å². The zero-order chi connectivity index (χ0) is 20.7. The molecule has 1 fully saturated rings. The lowest BCUT2D eigenvalue weighted by Gasteiger charge is -2.16. The van der Waals surface area contributed by atoms with Crippen molar-refractivity contribution in [1.82, 2.24) is 14.5 Å². The number of aryl methyl sites for hydroxylation is 2. The largest absolute Gasteiger partial charge is 0.497 e. The van der Waals surface area contributed by atoms with Crippen molar-refractivity contribution in [2.24, 2.45) is 14.1 Å². The molecule has 2 heterocycles. The Balaban J connectivity index is 1.49. The van der Waals surface area contributed by atoms with Gasteiger partial charge >= 0.3 is 5.69 Å². The van der Waals surface area contributed by atoms with Crippen LogP contribution in [0.15, 0.2) is 47.3 Å². The molecule has 3 aromatic rings. The Hall–Kier alpha value is -3.39. The lowest BCUT2D eigenvalue weighted by molar-refractivity contribution is -0.121. The highest BCUT2D eigenvalue weighted by Gasteiger charge is 2.39. The number of imidazole rings is 1. The molecule has 0 spiro atoms. The Morgan fingerprint density at radius 2 is 1.69 bits per heavy atom. The third kappa shape index (κ3) is 3.21. The minimum Gasteiger partial charge on any atom is -0.497 e. The van der Waals surface area contributed by atoms with Gasteiger partial charge in [0.05, 0.1) is 36.3 Å². The van der Waals surface area contributed by atoms with Gasteiger partial charge in [-0.3, -0.25) is 18.7 Å². The number of carbonyl (C=O) groups is 2. The summed E-state index contributed by atoms with van der Waals surface area (Å²) >= 11 is 0. The van der Waals surface area contributed by atoms with Gasteiger partial charge in [0.1, 0.15) is 5.75 Å². The van der Waals surface area contributed by atoms with Crippen molar-refractivity contribution in [2.45, 2.75) is 19.0 Å². The zero-order valence-electron chi connectivity index (χ0n) is 16.5. The van der Waals surface area contributed by atoms with Gasteiger partial charge < -0.3 is 10.1 Å². The molecule has 0 radical (unpaired) electrons. The van der Waals surface area contributed by atoms with Crippen LogP contribution in [0.25, 0.3) is 11.0 Å². The molecule has 8 nitrogen and oxygen atoms in total. The van der Waals surface area contributed by atoms with Crippen molar-refractivity contribution in [2.75, 3.05) is 12.0 Å². The summed E-state index contributed by atoms with van der Waals surface area (Å²) in [7, 11) is 5.03. The Labute approximate surface area is 167 Å². The number of nitrogens with one attached hydrogen (secondary N) is 1. The second-order valence-corrected chi connectivity index (χ2v) is 7.13. The monoisotopic (exact) mass is 394 g/mol. The first-order chi connectivity index (χ1) is 13.9. The van der Waals surface area contributed by atoms with Crippen LogP contribution in [0.4, 0.5) is 5.69 Å². The lowest BCUT2D eigenvalue weighted by Crippen LogP contribution is -2.38. The van der Waals surface area contributed by atoms with Gasteiger partial charge in [-0.15, -0.1) is 0 Å². The second kappa shape index (κ2) is 7.21. The van der Waals surface area contributed by atoms with E-state index >= 15 is 0 Å². The number of amides is 2. The van der Waals surface area contributed by atoms with Gasteiger partial charge in [-0.1, -0.05) is 6.07 Å². The van der Waals surface area contributed by atoms with Gasteiger partial charge in [0.25, 0.3) is 5.91 Å². The van der Waals surface area contributed by atoms with Crippen LogP contribution in [-0.4, -0.2) is 34.1 Å². The van der Waals surface area contributed by atoms with Crippen LogP contribution in [0.2, 0.25) is 0 Å². The summed E-state index contributed by atoms with van der Waals surface area (Å²) < 4.78 is 8.31. The van der Waals surface area contributed by atoms with E-state index in [1.54, 1.807) is 54.6 Å². The predicted octanol–water partition coefficient (Wildman–Crippen LogP) is 1.31. The molecule has 0 unspecified atom stereocenters. The minimum absolute atomic E-state index is 0.0863. The van der Waals surface area contributed by atoms with Gasteiger partial charge in [-0.05, 0) is 42.0 Å². The minimum atomic E-state index is -0.583. The summed E-state index contributed by atoms with van der Waals surface area (Å²) in [6.45, 7) is 0.416. The van der Waals surface area contributed by atoms with Gasteiger partial charge in [-0.25, -0.2) is 9.69 Å². The Bertz CT molecular complexity index is 1160. The molecule has 1 aliphatic heterocycles. The van der Waals surface area contributed by atoms with E-state index in [4.69, 9.17) is 4.74 Å². The number of rotatable bonds is 5. The van der Waals surface area contributed by atoms with Crippen LogP contribution in [0.5, 0.6) is 5.75 Å². The number of benzene rings is 2. The van der Waals surface area contributed by atoms with Crippen molar-refractivity contribution in [1.29, 1.82) is 0 Å². The molecule has 1 saturated heterocycles. The molecule has 1 aliphatic rings. The van der Waals surface area contributed by atoms with E-state index in [1.165, 1.54) is 4.90 Å². The van der Waals surface area contributed by atoms with Crippen molar-refractivity contribution in [3.63, 3.8) is 0 Å². The maximum Gasteiger partial charge on any atom is 0.328 e. The summed E-state index contributed by atoms with van der Waals surface area (Å²) in [5.41, 5.74) is 3.05. The highest BCUT2D eigenvalue weighted by Crippen LogP contribution is 2.25. The number of methoxy groups -OCH3 is 1. The fraction of sp³-hybridized carbons (Fsp3) is 0.286. The zero-order valence-corrected chi connectivity index (χ0v) is 16.5. The molecule has 1 N–H and O–H groups in total. The van der Waals surface area contributed by atoms with E-state index in [9.17, 15) is 14.4 Å². The number of ether oxygens (including phenoxy) is 1. The molecular formula is C21H22N4O4. The van der Waals surface area contributed by atoms with Crippen LogP contribution in [-0.2, 0) is 30.2 Å². The van der Waals surface area contributed by atoms with E-state index in [2.05, 4.69) is 5.32 Å². The van der Waals surface area contributed by atoms with E-state index in [-0.39, 0.29) is 23.9 Å². The fourth-order valence-electron chi connectivity index (χ4n) is 3.70. The predicted molar refractivity (Wildman–Crippen MR) is 109 cm³/mol. The number of imide groups is 1. The molecule has 0 aliphatic carbocycles. The maximum atomic E-state index is 12.8. The molecule has 1 aromatic heterocycles. The molecule has 2 amide bonds. The Morgan fingerprint density at radius 3 is 2.38 bits per heavy atom. The fourth-order valence-corrected chi connectivity index (χ4v) is 3.70. The molecule has 29 heavy (non-hydrogen) atoms. The van der Waals surface area contributed by atoms with E-state index in [0.29, 0.717) is 18.0 Å². The molecule has 0 saturated carbocycles. The number of fused-ring (bicyclic) bond motifs is 1. The van der Waals surface area contributed by atoms with E-state index in [0.717, 1.165) is 16.6 Å². The SMILES string of the molecule is COc1ccc(N2C(=O)C[C@@H](NCc3ccc4c(c3)n(C)c(=O)n4C)C2=O)cc1. The smallest absolute Gasteiger partial charge is 0.328 e. The number of carbonyl (C=O) groups excluding carboxylic acids is 2. The average molecular weight is 394 g/mol. The number of nitrogens with zero attached hydrogens (tertiary/aromatic N) is 3. The molecule has 2 aromatic carbocycles. The first-order valence-electron chi connectivity index (χ1n) is 9.29. The highest BCUT2D eigenvalue weighted by molar-refractivity contribution is 6.22. The maximum absolute atomic E-state index is 12.8. The summed E-state index contributed by atoms with van der Waals surface area (Å²) in [5, 5.41) is 3.18. The molecule has 0 bridgehead atoms. The standard InChI is InChI=1S/C21H22N4O4/c1-23-17-9-4-13(10-18(17)24(2)21(23)28)12-22-16-11-19(26)25(20(16)27)14-5-7-15(29-3)8-6-14/h4-10,16,22H,11-12H2,1-3H3/t16-/m1/s1. The van der Waals surface area contributed by atoms with Gasteiger partial charge in [0.15, 0.2) is 0 Å². The quantitative estimate of drug-likeness (QED) is 0.660. The Kier molecular flexibility index (Phi) is 4.71. The van der Waals surface area contributed by atoms with Crippen molar-refractivity contribution < 1.29 is 14.3 Å². The van der Waals surface area contributed by atoms with Crippen molar-refractivity contribution in [3.8, 4) is 5.75 Å². The van der Waals surface area contributed by atoms with Crippen LogP contribution >= 0.6 is 0 Å². The number of hydrogen-bond acceptors (Lipinski definition) is 5. The number of aromatic nitrogens is 2. The van der Waals surface area contributed by atoms with Gasteiger partial charge in [0, 0.05) is 20.6 Å². The van der Waals surface area contributed by atoms with Crippen LogP contribution in [0, 0.1) is 0 Å². The van der Waals surface area contributed by atoms with Gasteiger partial charge in [0.2, 0.25) is 5.91 Å². The molecular weight excluding hydrogens is 372 g/mol. The highest BCUT2D eigenvalue weighted by atomic mass is 16.5. The summed E-state index contributed by atoms with van der Waals surface area (Å²) in [5.74, 6) is 0.153. The van der Waals surface area contributed by atoms with Crippen molar-refractivity contribution in [3.05, 3.63) is 58.5 Å². The summed E-state index contributed by atoms with van der Waals surface area (Å²) in [6, 6.07) is 12.0. The normalized spacial score (nSPS) is 16.8. The van der Waals surface area contributed by atoms with Crippen LogP contribution in [0.3, 0.4) is 0 Å². The number of anilines is 1. The first kappa shape index (κ1) is 18.9. The summed E-state index contributed by atoms with van der Waals surface area (Å²) in [4.78, 5) is 38.5. The topological polar surface area (TPSA) is 85.6 Å². The second-order valence-electron chi connectivity index (χ2n) is 7.13. The van der Waals surface area contributed by atoms with Crippen LogP contribution < -0.4 is 20.6 Å². The van der Waals surface area contributed by atoms with E-state index in [1.807, 2.05) is 18.2 Å². The molecule has 8 heteroatoms. The third-order valence-corrected chi connectivity index (χ3v) is 5.37. The summed E-state index contributed by atoms with van der Waals surface area (Å²) in [6.07, 6.45) is 0.108. The Morgan fingerprint density at radius 1 is 1.00 bits per heavy atom. The number of hydrogen-bond donors (Lipinski definition) is 1. The lowest BCUT2D eigenvalue weighted by atomic mass is 10.1. The van der Waals surface area contributed by atoms with Crippen molar-refractivity contribution >= 4 is 28.5 Å². The molecule has 4 rings (SSSR count). The molecule has 1 atom stereocenters. The average Bonchev–Trinajstić information content (AvgIpc) is 3.14. The first-order valence-corrected chi connectivity index (χ1v) is 9.29. The third-order valence-electron chi connectivity index (χ3n) is 5.37. The van der Waals surface area contributed by atoms with Crippen LogP contribution in [0.1, 0.15) is 12.0 Å².